The van der Waals surface area contributed by atoms with E-state index in [1.165, 1.54) is 5.56 Å². The summed E-state index contributed by atoms with van der Waals surface area (Å²) in [6.45, 7) is 3.27. The molecule has 1 atom stereocenters. The van der Waals surface area contributed by atoms with Crippen molar-refractivity contribution in [1.82, 2.24) is 4.90 Å². The topological polar surface area (TPSA) is 23.5 Å². The van der Waals surface area contributed by atoms with Crippen molar-refractivity contribution in [2.75, 3.05) is 13.6 Å². The van der Waals surface area contributed by atoms with Crippen molar-refractivity contribution in [3.8, 4) is 0 Å². The van der Waals surface area contributed by atoms with E-state index in [9.17, 15) is 5.11 Å². The second kappa shape index (κ2) is 5.35. The molecule has 1 aromatic rings. The zero-order valence-corrected chi connectivity index (χ0v) is 9.33. The first-order chi connectivity index (χ1) is 6.58. The minimum atomic E-state index is -0.292. The quantitative estimate of drug-likeness (QED) is 0.829. The van der Waals surface area contributed by atoms with Crippen molar-refractivity contribution < 1.29 is 5.11 Å². The molecule has 0 aliphatic carbocycles. The first kappa shape index (κ1) is 11.5. The minimum Gasteiger partial charge on any atom is -0.392 e. The molecule has 14 heavy (non-hydrogen) atoms. The van der Waals surface area contributed by atoms with Crippen LogP contribution in [-0.4, -0.2) is 29.7 Å². The number of hydrogen-bond acceptors (Lipinski definition) is 2. The molecule has 0 spiro atoms. The minimum absolute atomic E-state index is 0.292. The van der Waals surface area contributed by atoms with Crippen molar-refractivity contribution in [1.29, 1.82) is 0 Å². The molecule has 1 aromatic carbocycles. The fourth-order valence-corrected chi connectivity index (χ4v) is 1.68. The van der Waals surface area contributed by atoms with Gasteiger partial charge in [0.05, 0.1) is 6.10 Å². The average molecular weight is 214 g/mol. The number of nitrogens with zero attached hydrogens (tertiary/aromatic N) is 1. The Hall–Kier alpha value is -0.570. The summed E-state index contributed by atoms with van der Waals surface area (Å²) in [6.07, 6.45) is -0.292. The van der Waals surface area contributed by atoms with Crippen LogP contribution in [0.5, 0.6) is 0 Å². The molecule has 0 saturated carbocycles. The Balaban J connectivity index is 2.51. The van der Waals surface area contributed by atoms with E-state index >= 15 is 0 Å². The molecule has 1 rings (SSSR count). The molecular formula is C11H16ClNO. The van der Waals surface area contributed by atoms with E-state index in [1.54, 1.807) is 6.92 Å². The van der Waals surface area contributed by atoms with Crippen LogP contribution in [0.15, 0.2) is 24.3 Å². The lowest BCUT2D eigenvalue weighted by atomic mass is 10.2. The van der Waals surface area contributed by atoms with Crippen molar-refractivity contribution in [3.05, 3.63) is 34.9 Å². The van der Waals surface area contributed by atoms with Crippen LogP contribution in [0.25, 0.3) is 0 Å². The Morgan fingerprint density at radius 3 is 2.79 bits per heavy atom. The van der Waals surface area contributed by atoms with E-state index in [0.717, 1.165) is 11.6 Å². The molecule has 0 aliphatic rings. The molecule has 2 nitrogen and oxygen atoms in total. The molecule has 0 aliphatic heterocycles. The molecule has 0 saturated heterocycles. The third-order valence-electron chi connectivity index (χ3n) is 1.92. The Kier molecular flexibility index (Phi) is 4.39. The molecule has 0 aromatic heterocycles. The maximum Gasteiger partial charge on any atom is 0.0639 e. The Labute approximate surface area is 90.1 Å². The van der Waals surface area contributed by atoms with Gasteiger partial charge in [-0.1, -0.05) is 23.7 Å². The first-order valence-corrected chi connectivity index (χ1v) is 5.07. The van der Waals surface area contributed by atoms with Crippen LogP contribution in [0.1, 0.15) is 12.5 Å². The van der Waals surface area contributed by atoms with Crippen LogP contribution < -0.4 is 0 Å². The maximum absolute atomic E-state index is 9.19. The van der Waals surface area contributed by atoms with E-state index < -0.39 is 0 Å². The standard InChI is InChI=1S/C11H16ClNO/c1-9(14)7-13(2)8-10-4-3-5-11(12)6-10/h3-6,9,14H,7-8H2,1-2H3. The van der Waals surface area contributed by atoms with Crippen LogP contribution in [0.2, 0.25) is 5.02 Å². The summed E-state index contributed by atoms with van der Waals surface area (Å²) in [4.78, 5) is 2.07. The number of aliphatic hydroxyl groups is 1. The third-order valence-corrected chi connectivity index (χ3v) is 2.15. The highest BCUT2D eigenvalue weighted by Crippen LogP contribution is 2.12. The SMILES string of the molecule is CC(O)CN(C)Cc1cccc(Cl)c1. The van der Waals surface area contributed by atoms with E-state index in [-0.39, 0.29) is 6.10 Å². The predicted molar refractivity (Wildman–Crippen MR) is 59.5 cm³/mol. The van der Waals surface area contributed by atoms with Gasteiger partial charge in [-0.15, -0.1) is 0 Å². The van der Waals surface area contributed by atoms with Gasteiger partial charge in [-0.25, -0.2) is 0 Å². The van der Waals surface area contributed by atoms with Gasteiger partial charge >= 0.3 is 0 Å². The third kappa shape index (κ3) is 4.09. The highest BCUT2D eigenvalue weighted by molar-refractivity contribution is 6.30. The van der Waals surface area contributed by atoms with E-state index in [2.05, 4.69) is 4.90 Å². The van der Waals surface area contributed by atoms with E-state index in [1.807, 2.05) is 31.3 Å². The normalized spacial score (nSPS) is 13.2. The van der Waals surface area contributed by atoms with Crippen molar-refractivity contribution in [2.45, 2.75) is 19.6 Å². The smallest absolute Gasteiger partial charge is 0.0639 e. The van der Waals surface area contributed by atoms with Crippen molar-refractivity contribution in [3.63, 3.8) is 0 Å². The summed E-state index contributed by atoms with van der Waals surface area (Å²) in [7, 11) is 1.98. The summed E-state index contributed by atoms with van der Waals surface area (Å²) in [5, 5.41) is 9.95. The lowest BCUT2D eigenvalue weighted by Gasteiger charge is -2.18. The molecule has 0 amide bonds. The zero-order valence-electron chi connectivity index (χ0n) is 8.57. The number of hydrogen-bond donors (Lipinski definition) is 1. The fourth-order valence-electron chi connectivity index (χ4n) is 1.46. The molecule has 1 unspecified atom stereocenters. The molecule has 3 heteroatoms. The van der Waals surface area contributed by atoms with Crippen LogP contribution in [0.4, 0.5) is 0 Å². The largest absolute Gasteiger partial charge is 0.392 e. The zero-order chi connectivity index (χ0) is 10.6. The number of halogens is 1. The van der Waals surface area contributed by atoms with Gasteiger partial charge in [0, 0.05) is 18.1 Å². The second-order valence-electron chi connectivity index (χ2n) is 3.68. The summed E-state index contributed by atoms with van der Waals surface area (Å²) in [5.41, 5.74) is 1.17. The van der Waals surface area contributed by atoms with Crippen LogP contribution in [0.3, 0.4) is 0 Å². The van der Waals surface area contributed by atoms with E-state index in [0.29, 0.717) is 6.54 Å². The van der Waals surface area contributed by atoms with Crippen LogP contribution >= 0.6 is 11.6 Å². The molecule has 0 heterocycles. The summed E-state index contributed by atoms with van der Waals surface area (Å²) in [5.74, 6) is 0. The molecule has 0 radical (unpaired) electrons. The van der Waals surface area contributed by atoms with Gasteiger partial charge in [-0.2, -0.15) is 0 Å². The van der Waals surface area contributed by atoms with Gasteiger partial charge in [0.2, 0.25) is 0 Å². The van der Waals surface area contributed by atoms with Gasteiger partial charge in [0.15, 0.2) is 0 Å². The van der Waals surface area contributed by atoms with E-state index in [4.69, 9.17) is 11.6 Å². The molecule has 78 valence electrons. The maximum atomic E-state index is 9.19. The molecule has 1 N–H and O–H groups in total. The number of aliphatic hydroxyl groups excluding tert-OH is 1. The van der Waals surface area contributed by atoms with Gasteiger partial charge in [0.25, 0.3) is 0 Å². The average Bonchev–Trinajstić information content (AvgIpc) is 2.01. The van der Waals surface area contributed by atoms with Crippen LogP contribution in [-0.2, 0) is 6.54 Å². The highest BCUT2D eigenvalue weighted by Gasteiger charge is 2.03. The fraction of sp³-hybridized carbons (Fsp3) is 0.455. The molecule has 0 fully saturated rings. The lowest BCUT2D eigenvalue weighted by Crippen LogP contribution is -2.26. The van der Waals surface area contributed by atoms with Gasteiger partial charge < -0.3 is 5.11 Å². The number of likely N-dealkylation sites (N-methyl/N-ethyl adjacent to an activating group) is 1. The van der Waals surface area contributed by atoms with Crippen molar-refractivity contribution >= 4 is 11.6 Å². The predicted octanol–water partition coefficient (Wildman–Crippen LogP) is 2.15. The van der Waals surface area contributed by atoms with Crippen LogP contribution in [0, 0.1) is 0 Å². The Morgan fingerprint density at radius 1 is 1.50 bits per heavy atom. The van der Waals surface area contributed by atoms with Gasteiger partial charge in [-0.3, -0.25) is 4.90 Å². The highest BCUT2D eigenvalue weighted by atomic mass is 35.5. The monoisotopic (exact) mass is 213 g/mol. The summed E-state index contributed by atoms with van der Waals surface area (Å²) >= 11 is 5.87. The summed E-state index contributed by atoms with van der Waals surface area (Å²) in [6, 6.07) is 7.78. The van der Waals surface area contributed by atoms with Gasteiger partial charge in [0.1, 0.15) is 0 Å². The first-order valence-electron chi connectivity index (χ1n) is 4.69. The second-order valence-corrected chi connectivity index (χ2v) is 4.11. The summed E-state index contributed by atoms with van der Waals surface area (Å²) < 4.78 is 0. The van der Waals surface area contributed by atoms with Crippen molar-refractivity contribution in [2.24, 2.45) is 0 Å². The Bertz CT molecular complexity index is 288. The number of benzene rings is 1. The molecular weight excluding hydrogens is 198 g/mol. The van der Waals surface area contributed by atoms with Gasteiger partial charge in [-0.05, 0) is 31.7 Å². The Morgan fingerprint density at radius 2 is 2.21 bits per heavy atom. The lowest BCUT2D eigenvalue weighted by molar-refractivity contribution is 0.138. The molecule has 0 bridgehead atoms. The number of rotatable bonds is 4.